The van der Waals surface area contributed by atoms with Crippen LogP contribution in [0.25, 0.3) is 0 Å². The van der Waals surface area contributed by atoms with Crippen molar-refractivity contribution in [1.29, 1.82) is 0 Å². The molecule has 0 amide bonds. The van der Waals surface area contributed by atoms with Crippen molar-refractivity contribution in [2.45, 2.75) is 46.1 Å². The molecule has 0 aromatic rings. The van der Waals surface area contributed by atoms with Crippen molar-refractivity contribution in [3.05, 3.63) is 12.2 Å². The van der Waals surface area contributed by atoms with Gasteiger partial charge in [0, 0.05) is 6.61 Å². The van der Waals surface area contributed by atoms with Crippen LogP contribution in [-0.2, 0) is 4.74 Å². The second-order valence-corrected chi connectivity index (χ2v) is 4.55. The molecule has 76 valence electrons. The zero-order valence-corrected chi connectivity index (χ0v) is 9.34. The van der Waals surface area contributed by atoms with Crippen molar-refractivity contribution < 1.29 is 4.74 Å². The van der Waals surface area contributed by atoms with Crippen molar-refractivity contribution in [3.63, 3.8) is 0 Å². The van der Waals surface area contributed by atoms with Gasteiger partial charge in [-0.1, -0.05) is 26.0 Å². The first kappa shape index (κ1) is 10.8. The van der Waals surface area contributed by atoms with Crippen LogP contribution < -0.4 is 0 Å². The average molecular weight is 182 g/mol. The highest BCUT2D eigenvalue weighted by Gasteiger charge is 2.27. The number of hydrogen-bond acceptors (Lipinski definition) is 1. The highest BCUT2D eigenvalue weighted by atomic mass is 16.5. The van der Waals surface area contributed by atoms with E-state index in [9.17, 15) is 0 Å². The molecule has 1 rings (SSSR count). The van der Waals surface area contributed by atoms with Gasteiger partial charge in [0.25, 0.3) is 0 Å². The molecule has 0 saturated carbocycles. The molecule has 1 aliphatic rings. The summed E-state index contributed by atoms with van der Waals surface area (Å²) in [6, 6.07) is 0. The van der Waals surface area contributed by atoms with Gasteiger partial charge in [-0.25, -0.2) is 0 Å². The minimum Gasteiger partial charge on any atom is -0.372 e. The molecular formula is C12H22O. The van der Waals surface area contributed by atoms with E-state index in [4.69, 9.17) is 4.74 Å². The van der Waals surface area contributed by atoms with E-state index in [-0.39, 0.29) is 5.60 Å². The second-order valence-electron chi connectivity index (χ2n) is 4.55. The maximum Gasteiger partial charge on any atom is 0.0834 e. The first-order valence-electron chi connectivity index (χ1n) is 5.41. The van der Waals surface area contributed by atoms with Crippen LogP contribution in [0.5, 0.6) is 0 Å². The van der Waals surface area contributed by atoms with Crippen LogP contribution in [0.4, 0.5) is 0 Å². The van der Waals surface area contributed by atoms with Crippen molar-refractivity contribution in [2.24, 2.45) is 11.8 Å². The number of allylic oxidation sites excluding steroid dienone is 1. The minimum absolute atomic E-state index is 0.0140. The summed E-state index contributed by atoms with van der Waals surface area (Å²) < 4.78 is 5.71. The maximum absolute atomic E-state index is 5.71. The highest BCUT2D eigenvalue weighted by Crippen LogP contribution is 2.31. The second kappa shape index (κ2) is 4.28. The fraction of sp³-hybridized carbons (Fsp3) is 0.833. The number of rotatable bonds is 3. The van der Waals surface area contributed by atoms with Crippen LogP contribution in [0, 0.1) is 11.8 Å². The molecule has 0 N–H and O–H groups in total. The van der Waals surface area contributed by atoms with Gasteiger partial charge in [-0.3, -0.25) is 0 Å². The van der Waals surface area contributed by atoms with E-state index >= 15 is 0 Å². The van der Waals surface area contributed by atoms with Gasteiger partial charge >= 0.3 is 0 Å². The third-order valence-electron chi connectivity index (χ3n) is 3.00. The summed E-state index contributed by atoms with van der Waals surface area (Å²) in [5.74, 6) is 1.52. The molecule has 2 unspecified atom stereocenters. The zero-order valence-electron chi connectivity index (χ0n) is 9.34. The van der Waals surface area contributed by atoms with Gasteiger partial charge in [0.15, 0.2) is 0 Å². The molecular weight excluding hydrogens is 160 g/mol. The molecule has 0 heterocycles. The Balaban J connectivity index is 2.55. The molecule has 0 aliphatic heterocycles. The van der Waals surface area contributed by atoms with E-state index in [0.29, 0.717) is 0 Å². The Morgan fingerprint density at radius 2 is 2.23 bits per heavy atom. The molecule has 1 aliphatic carbocycles. The summed E-state index contributed by atoms with van der Waals surface area (Å²) in [5, 5.41) is 0. The Kier molecular flexibility index (Phi) is 3.55. The zero-order chi connectivity index (χ0) is 9.90. The Labute approximate surface area is 82.2 Å². The first-order chi connectivity index (χ1) is 6.07. The molecule has 2 atom stereocenters. The average Bonchev–Trinajstić information content (AvgIpc) is 2.05. The van der Waals surface area contributed by atoms with E-state index in [1.807, 2.05) is 0 Å². The molecule has 0 bridgehead atoms. The van der Waals surface area contributed by atoms with E-state index in [0.717, 1.165) is 18.4 Å². The molecule has 0 spiro atoms. The van der Waals surface area contributed by atoms with Crippen LogP contribution >= 0.6 is 0 Å². The van der Waals surface area contributed by atoms with Gasteiger partial charge in [0.2, 0.25) is 0 Å². The topological polar surface area (TPSA) is 9.23 Å². The van der Waals surface area contributed by atoms with E-state index < -0.39 is 0 Å². The monoisotopic (exact) mass is 182 g/mol. The van der Waals surface area contributed by atoms with E-state index in [1.165, 1.54) is 12.8 Å². The van der Waals surface area contributed by atoms with Crippen molar-refractivity contribution in [2.75, 3.05) is 6.61 Å². The Hall–Kier alpha value is -0.300. The van der Waals surface area contributed by atoms with E-state index in [1.54, 1.807) is 0 Å². The summed E-state index contributed by atoms with van der Waals surface area (Å²) in [7, 11) is 0. The summed E-state index contributed by atoms with van der Waals surface area (Å²) in [5.41, 5.74) is 0.0140. The lowest BCUT2D eigenvalue weighted by Crippen LogP contribution is -2.30. The van der Waals surface area contributed by atoms with Crippen LogP contribution in [0.15, 0.2) is 12.2 Å². The van der Waals surface area contributed by atoms with Gasteiger partial charge < -0.3 is 4.74 Å². The first-order valence-corrected chi connectivity index (χ1v) is 5.41. The largest absolute Gasteiger partial charge is 0.372 e. The minimum atomic E-state index is 0.0140. The van der Waals surface area contributed by atoms with Gasteiger partial charge in [0.1, 0.15) is 0 Å². The fourth-order valence-electron chi connectivity index (χ4n) is 1.97. The van der Waals surface area contributed by atoms with Crippen LogP contribution in [0.1, 0.15) is 40.5 Å². The summed E-state index contributed by atoms with van der Waals surface area (Å²) in [6.07, 6.45) is 7.03. The summed E-state index contributed by atoms with van der Waals surface area (Å²) in [6.45, 7) is 9.64. The van der Waals surface area contributed by atoms with Gasteiger partial charge in [0.05, 0.1) is 5.60 Å². The van der Waals surface area contributed by atoms with E-state index in [2.05, 4.69) is 39.8 Å². The molecule has 0 aromatic heterocycles. The Morgan fingerprint density at radius 3 is 2.62 bits per heavy atom. The van der Waals surface area contributed by atoms with Crippen molar-refractivity contribution in [1.82, 2.24) is 0 Å². The number of hydrogen-bond donors (Lipinski definition) is 0. The lowest BCUT2D eigenvalue weighted by atomic mass is 9.81. The van der Waals surface area contributed by atoms with Crippen LogP contribution in [-0.4, -0.2) is 12.2 Å². The van der Waals surface area contributed by atoms with Crippen molar-refractivity contribution >= 4 is 0 Å². The Morgan fingerprint density at radius 1 is 1.54 bits per heavy atom. The normalized spacial score (nSPS) is 34.1. The predicted molar refractivity (Wildman–Crippen MR) is 56.7 cm³/mol. The maximum atomic E-state index is 5.71. The summed E-state index contributed by atoms with van der Waals surface area (Å²) >= 11 is 0. The molecule has 1 heteroatoms. The van der Waals surface area contributed by atoms with Gasteiger partial charge in [-0.2, -0.15) is 0 Å². The molecule has 13 heavy (non-hydrogen) atoms. The van der Waals surface area contributed by atoms with Crippen LogP contribution in [0.3, 0.4) is 0 Å². The molecule has 0 radical (unpaired) electrons. The lowest BCUT2D eigenvalue weighted by molar-refractivity contribution is -0.00217. The standard InChI is InChI=1S/C12H22O/c1-5-13-12(4)8-6-11(7-9-12)10(2)3/h6,8,10-11H,5,7,9H2,1-4H3. The fourth-order valence-corrected chi connectivity index (χ4v) is 1.97. The third-order valence-corrected chi connectivity index (χ3v) is 3.00. The van der Waals surface area contributed by atoms with Crippen LogP contribution in [0.2, 0.25) is 0 Å². The number of ether oxygens (including phenoxy) is 1. The lowest BCUT2D eigenvalue weighted by Gasteiger charge is -2.33. The predicted octanol–water partition coefficient (Wildman–Crippen LogP) is 3.40. The molecule has 0 saturated heterocycles. The quantitative estimate of drug-likeness (QED) is 0.608. The summed E-state index contributed by atoms with van der Waals surface area (Å²) in [4.78, 5) is 0. The smallest absolute Gasteiger partial charge is 0.0834 e. The molecule has 0 aromatic carbocycles. The highest BCUT2D eigenvalue weighted by molar-refractivity contribution is 5.07. The van der Waals surface area contributed by atoms with Crippen molar-refractivity contribution in [3.8, 4) is 0 Å². The van der Waals surface area contributed by atoms with Gasteiger partial charge in [-0.05, 0) is 38.5 Å². The molecule has 0 fully saturated rings. The SMILES string of the molecule is CCOC1(C)C=CC(C(C)C)CC1. The third kappa shape index (κ3) is 2.84. The molecule has 1 nitrogen and oxygen atoms in total. The van der Waals surface area contributed by atoms with Gasteiger partial charge in [-0.15, -0.1) is 0 Å². The Bertz CT molecular complexity index is 184.